The number of nitriles is 1. The molecule has 0 aromatic carbocycles. The molecule has 0 saturated heterocycles. The Balaban J connectivity index is 2.59. The number of amides is 1. The smallest absolute Gasteiger partial charge is 0.267 e. The van der Waals surface area contributed by atoms with Crippen LogP contribution in [0, 0.1) is 17.2 Å². The second-order valence-corrected chi connectivity index (χ2v) is 4.61. The largest absolute Gasteiger partial charge is 0.388 e. The SMILES string of the molecule is CC(C)C(C)(O)CNC(=O)c1cc(C#N)c[nH]1. The molecule has 5 heteroatoms. The fourth-order valence-corrected chi connectivity index (χ4v) is 1.15. The van der Waals surface area contributed by atoms with Crippen LogP contribution in [-0.2, 0) is 0 Å². The van der Waals surface area contributed by atoms with E-state index in [1.54, 1.807) is 6.92 Å². The fraction of sp³-hybridized carbons (Fsp3) is 0.500. The number of nitrogens with one attached hydrogen (secondary N) is 2. The summed E-state index contributed by atoms with van der Waals surface area (Å²) >= 11 is 0. The summed E-state index contributed by atoms with van der Waals surface area (Å²) in [5, 5.41) is 21.2. The Kier molecular flexibility index (Phi) is 3.92. The molecular formula is C12H17N3O2. The predicted molar refractivity (Wildman–Crippen MR) is 63.3 cm³/mol. The maximum Gasteiger partial charge on any atom is 0.267 e. The standard InChI is InChI=1S/C12H17N3O2/c1-8(2)12(3,17)7-15-11(16)10-4-9(5-13)6-14-10/h4,6,8,14,17H,7H2,1-3H3,(H,15,16). The van der Waals surface area contributed by atoms with Crippen LogP contribution in [0.15, 0.2) is 12.3 Å². The van der Waals surface area contributed by atoms with Crippen molar-refractivity contribution < 1.29 is 9.90 Å². The lowest BCUT2D eigenvalue weighted by Crippen LogP contribution is -2.44. The monoisotopic (exact) mass is 235 g/mol. The van der Waals surface area contributed by atoms with Crippen LogP contribution in [0.2, 0.25) is 0 Å². The number of hydrogen-bond donors (Lipinski definition) is 3. The summed E-state index contributed by atoms with van der Waals surface area (Å²) in [4.78, 5) is 14.4. The van der Waals surface area contributed by atoms with Gasteiger partial charge in [0, 0.05) is 12.7 Å². The van der Waals surface area contributed by atoms with Crippen molar-refractivity contribution in [3.05, 3.63) is 23.5 Å². The zero-order chi connectivity index (χ0) is 13.1. The first-order valence-electron chi connectivity index (χ1n) is 5.46. The summed E-state index contributed by atoms with van der Waals surface area (Å²) in [6, 6.07) is 3.40. The van der Waals surface area contributed by atoms with E-state index >= 15 is 0 Å². The second kappa shape index (κ2) is 5.02. The highest BCUT2D eigenvalue weighted by Gasteiger charge is 2.25. The van der Waals surface area contributed by atoms with Crippen LogP contribution >= 0.6 is 0 Å². The third kappa shape index (κ3) is 3.33. The zero-order valence-electron chi connectivity index (χ0n) is 10.2. The van der Waals surface area contributed by atoms with Crippen LogP contribution in [0.25, 0.3) is 0 Å². The Bertz CT molecular complexity index is 441. The van der Waals surface area contributed by atoms with Crippen molar-refractivity contribution in [2.45, 2.75) is 26.4 Å². The topological polar surface area (TPSA) is 88.9 Å². The molecule has 0 aliphatic heterocycles. The van der Waals surface area contributed by atoms with E-state index in [1.165, 1.54) is 12.3 Å². The average molecular weight is 235 g/mol. The molecule has 1 amide bonds. The van der Waals surface area contributed by atoms with Gasteiger partial charge >= 0.3 is 0 Å². The number of carbonyl (C=O) groups excluding carboxylic acids is 1. The van der Waals surface area contributed by atoms with E-state index in [4.69, 9.17) is 5.26 Å². The van der Waals surface area contributed by atoms with Crippen LogP contribution in [0.5, 0.6) is 0 Å². The van der Waals surface area contributed by atoms with E-state index in [9.17, 15) is 9.90 Å². The number of H-pyrrole nitrogens is 1. The zero-order valence-corrected chi connectivity index (χ0v) is 10.2. The molecule has 1 rings (SSSR count). The number of carbonyl (C=O) groups is 1. The van der Waals surface area contributed by atoms with Gasteiger partial charge in [-0.3, -0.25) is 4.79 Å². The van der Waals surface area contributed by atoms with E-state index in [0.29, 0.717) is 11.3 Å². The van der Waals surface area contributed by atoms with Crippen molar-refractivity contribution in [1.29, 1.82) is 5.26 Å². The molecule has 1 heterocycles. The maximum absolute atomic E-state index is 11.7. The van der Waals surface area contributed by atoms with Crippen LogP contribution in [0.3, 0.4) is 0 Å². The lowest BCUT2D eigenvalue weighted by Gasteiger charge is -2.27. The molecule has 1 unspecified atom stereocenters. The third-order valence-electron chi connectivity index (χ3n) is 2.91. The first-order valence-corrected chi connectivity index (χ1v) is 5.46. The summed E-state index contributed by atoms with van der Waals surface area (Å²) in [5.74, 6) is -0.284. The summed E-state index contributed by atoms with van der Waals surface area (Å²) in [7, 11) is 0. The molecule has 5 nitrogen and oxygen atoms in total. The minimum Gasteiger partial charge on any atom is -0.388 e. The number of rotatable bonds is 4. The van der Waals surface area contributed by atoms with Gasteiger partial charge in [0.25, 0.3) is 5.91 Å². The average Bonchev–Trinajstić information content (AvgIpc) is 2.74. The van der Waals surface area contributed by atoms with Crippen LogP contribution < -0.4 is 5.32 Å². The maximum atomic E-state index is 11.7. The summed E-state index contributed by atoms with van der Waals surface area (Å²) in [6.07, 6.45) is 1.47. The van der Waals surface area contributed by atoms with E-state index in [1.807, 2.05) is 19.9 Å². The second-order valence-electron chi connectivity index (χ2n) is 4.61. The number of hydrogen-bond acceptors (Lipinski definition) is 3. The lowest BCUT2D eigenvalue weighted by atomic mass is 9.92. The van der Waals surface area contributed by atoms with Crippen molar-refractivity contribution in [2.75, 3.05) is 6.54 Å². The van der Waals surface area contributed by atoms with Gasteiger partial charge in [0.15, 0.2) is 0 Å². The fourth-order valence-electron chi connectivity index (χ4n) is 1.15. The molecule has 0 spiro atoms. The Morgan fingerprint density at radius 1 is 1.71 bits per heavy atom. The summed E-state index contributed by atoms with van der Waals surface area (Å²) < 4.78 is 0. The van der Waals surface area contributed by atoms with Gasteiger partial charge in [-0.15, -0.1) is 0 Å². The summed E-state index contributed by atoms with van der Waals surface area (Å²) in [6.45, 7) is 5.61. The Morgan fingerprint density at radius 2 is 2.35 bits per heavy atom. The third-order valence-corrected chi connectivity index (χ3v) is 2.91. The molecule has 17 heavy (non-hydrogen) atoms. The van der Waals surface area contributed by atoms with Crippen molar-refractivity contribution >= 4 is 5.91 Å². The van der Waals surface area contributed by atoms with Crippen molar-refractivity contribution in [2.24, 2.45) is 5.92 Å². The number of aromatic amines is 1. The van der Waals surface area contributed by atoms with Crippen molar-refractivity contribution in [1.82, 2.24) is 10.3 Å². The van der Waals surface area contributed by atoms with Gasteiger partial charge in [-0.05, 0) is 18.9 Å². The Hall–Kier alpha value is -1.80. The van der Waals surface area contributed by atoms with Gasteiger partial charge in [0.05, 0.1) is 11.2 Å². The van der Waals surface area contributed by atoms with E-state index < -0.39 is 5.60 Å². The Labute approximate surface area is 100 Å². The first-order chi connectivity index (χ1) is 7.86. The summed E-state index contributed by atoms with van der Waals surface area (Å²) in [5.41, 5.74) is -0.216. The van der Waals surface area contributed by atoms with Crippen LogP contribution in [0.4, 0.5) is 0 Å². The van der Waals surface area contributed by atoms with E-state index in [-0.39, 0.29) is 18.4 Å². The molecule has 0 radical (unpaired) electrons. The molecule has 3 N–H and O–H groups in total. The van der Waals surface area contributed by atoms with Gasteiger partial charge < -0.3 is 15.4 Å². The van der Waals surface area contributed by atoms with E-state index in [0.717, 1.165) is 0 Å². The lowest BCUT2D eigenvalue weighted by molar-refractivity contribution is 0.0142. The Morgan fingerprint density at radius 3 is 2.82 bits per heavy atom. The van der Waals surface area contributed by atoms with Crippen molar-refractivity contribution in [3.63, 3.8) is 0 Å². The van der Waals surface area contributed by atoms with Gasteiger partial charge in [-0.25, -0.2) is 0 Å². The van der Waals surface area contributed by atoms with Crippen molar-refractivity contribution in [3.8, 4) is 6.07 Å². The predicted octanol–water partition coefficient (Wildman–Crippen LogP) is 1.02. The van der Waals surface area contributed by atoms with Gasteiger partial charge in [0.2, 0.25) is 0 Å². The molecule has 0 aliphatic rings. The van der Waals surface area contributed by atoms with Crippen LogP contribution in [-0.4, -0.2) is 28.1 Å². The first kappa shape index (κ1) is 13.3. The molecule has 0 aliphatic carbocycles. The molecule has 92 valence electrons. The molecule has 0 fully saturated rings. The molecule has 0 bridgehead atoms. The number of nitrogens with zero attached hydrogens (tertiary/aromatic N) is 1. The highest BCUT2D eigenvalue weighted by atomic mass is 16.3. The molecule has 1 aromatic rings. The van der Waals surface area contributed by atoms with Crippen LogP contribution in [0.1, 0.15) is 36.8 Å². The highest BCUT2D eigenvalue weighted by Crippen LogP contribution is 2.14. The molecule has 0 saturated carbocycles. The number of aromatic nitrogens is 1. The minimum absolute atomic E-state index is 0.0427. The van der Waals surface area contributed by atoms with E-state index in [2.05, 4.69) is 10.3 Å². The van der Waals surface area contributed by atoms with Gasteiger partial charge in [-0.1, -0.05) is 13.8 Å². The highest BCUT2D eigenvalue weighted by molar-refractivity contribution is 5.92. The normalized spacial score (nSPS) is 14.1. The van der Waals surface area contributed by atoms with Gasteiger partial charge in [0.1, 0.15) is 11.8 Å². The molecular weight excluding hydrogens is 218 g/mol. The molecule has 1 atom stereocenters. The number of aliphatic hydroxyl groups is 1. The molecule has 1 aromatic heterocycles. The minimum atomic E-state index is -0.944. The quantitative estimate of drug-likeness (QED) is 0.728. The van der Waals surface area contributed by atoms with Gasteiger partial charge in [-0.2, -0.15) is 5.26 Å².